The van der Waals surface area contributed by atoms with E-state index in [0.29, 0.717) is 4.43 Å². The Balaban J connectivity index is 3.23. The van der Waals surface area contributed by atoms with Crippen LogP contribution in [0.2, 0.25) is 0 Å². The molecule has 4 heteroatoms. The van der Waals surface area contributed by atoms with Crippen LogP contribution < -0.4 is 5.32 Å². The molecule has 38 valence electrons. The van der Waals surface area contributed by atoms with Crippen molar-refractivity contribution in [2.45, 2.75) is 0 Å². The number of hydrogen-bond donors (Lipinski definition) is 1. The highest BCUT2D eigenvalue weighted by Gasteiger charge is 1.90. The van der Waals surface area contributed by atoms with E-state index in [4.69, 9.17) is 5.26 Å². The number of amides is 1. The average Bonchev–Trinajstić information content (AvgIpc) is 1.68. The molecule has 0 saturated carbocycles. The van der Waals surface area contributed by atoms with Crippen molar-refractivity contribution in [1.29, 1.82) is 5.26 Å². The van der Waals surface area contributed by atoms with Crippen molar-refractivity contribution >= 4 is 28.5 Å². The van der Waals surface area contributed by atoms with E-state index in [2.05, 4.69) is 0 Å². The molecule has 0 unspecified atom stereocenters. The molecule has 0 atom stereocenters. The standard InChI is InChI=1S/C3H3IN2O/c4-1-3(7)6-2-5/h1H2,(H,6,7). The molecule has 0 aromatic rings. The molecule has 0 spiro atoms. The summed E-state index contributed by atoms with van der Waals surface area (Å²) in [6.07, 6.45) is 1.51. The first-order valence-corrected chi connectivity index (χ1v) is 3.07. The first kappa shape index (κ1) is 6.69. The summed E-state index contributed by atoms with van der Waals surface area (Å²) in [5.74, 6) is -0.247. The second kappa shape index (κ2) is 3.87. The first-order chi connectivity index (χ1) is 3.31. The Bertz CT molecular complexity index is 106. The minimum Gasteiger partial charge on any atom is -0.273 e. The smallest absolute Gasteiger partial charge is 0.242 e. The van der Waals surface area contributed by atoms with E-state index in [1.54, 1.807) is 0 Å². The quantitative estimate of drug-likeness (QED) is 0.287. The summed E-state index contributed by atoms with van der Waals surface area (Å²) in [6, 6.07) is 0. The van der Waals surface area contributed by atoms with Crippen LogP contribution in [0.25, 0.3) is 0 Å². The summed E-state index contributed by atoms with van der Waals surface area (Å²) in [5, 5.41) is 9.74. The molecular formula is C3H3IN2O. The zero-order chi connectivity index (χ0) is 5.70. The number of rotatable bonds is 1. The minimum absolute atomic E-state index is 0.247. The molecule has 1 amide bonds. The van der Waals surface area contributed by atoms with Crippen molar-refractivity contribution in [2.24, 2.45) is 0 Å². The molecular weight excluding hydrogens is 207 g/mol. The third-order valence-corrected chi connectivity index (χ3v) is 1.01. The summed E-state index contributed by atoms with van der Waals surface area (Å²) < 4.78 is 0.339. The Hall–Kier alpha value is -0.310. The van der Waals surface area contributed by atoms with Crippen LogP contribution in [0, 0.1) is 11.5 Å². The number of halogens is 1. The van der Waals surface area contributed by atoms with Crippen LogP contribution in [0.1, 0.15) is 0 Å². The van der Waals surface area contributed by atoms with Crippen molar-refractivity contribution in [3.05, 3.63) is 0 Å². The molecule has 0 heterocycles. The molecule has 0 saturated heterocycles. The number of carbonyl (C=O) groups is 1. The molecule has 0 aliphatic heterocycles. The highest BCUT2D eigenvalue weighted by Crippen LogP contribution is 1.76. The van der Waals surface area contributed by atoms with Crippen LogP contribution in [0.5, 0.6) is 0 Å². The summed E-state index contributed by atoms with van der Waals surface area (Å²) >= 11 is 1.87. The monoisotopic (exact) mass is 210 g/mol. The van der Waals surface area contributed by atoms with Crippen molar-refractivity contribution < 1.29 is 4.79 Å². The number of carbonyl (C=O) groups excluding carboxylic acids is 1. The lowest BCUT2D eigenvalue weighted by Gasteiger charge is -1.82. The van der Waals surface area contributed by atoms with Gasteiger partial charge in [-0.15, -0.1) is 0 Å². The van der Waals surface area contributed by atoms with Gasteiger partial charge in [-0.1, -0.05) is 22.6 Å². The van der Waals surface area contributed by atoms with Crippen molar-refractivity contribution in [3.8, 4) is 6.19 Å². The van der Waals surface area contributed by atoms with E-state index in [9.17, 15) is 4.79 Å². The summed E-state index contributed by atoms with van der Waals surface area (Å²) in [5.41, 5.74) is 0. The van der Waals surface area contributed by atoms with E-state index in [1.807, 2.05) is 27.9 Å². The van der Waals surface area contributed by atoms with Crippen LogP contribution in [0.3, 0.4) is 0 Å². The third kappa shape index (κ3) is 3.52. The Kier molecular flexibility index (Phi) is 3.69. The van der Waals surface area contributed by atoms with Gasteiger partial charge in [-0.05, 0) is 0 Å². The van der Waals surface area contributed by atoms with Crippen molar-refractivity contribution in [1.82, 2.24) is 5.32 Å². The Labute approximate surface area is 54.8 Å². The van der Waals surface area contributed by atoms with Crippen LogP contribution in [0.15, 0.2) is 0 Å². The number of nitriles is 1. The van der Waals surface area contributed by atoms with Gasteiger partial charge in [0.25, 0.3) is 0 Å². The highest BCUT2D eigenvalue weighted by atomic mass is 127. The van der Waals surface area contributed by atoms with E-state index in [1.165, 1.54) is 6.19 Å². The molecule has 0 aliphatic rings. The Morgan fingerprint density at radius 3 is 2.71 bits per heavy atom. The first-order valence-electron chi connectivity index (χ1n) is 1.55. The normalized spacial score (nSPS) is 6.86. The molecule has 0 radical (unpaired) electrons. The number of nitrogens with zero attached hydrogens (tertiary/aromatic N) is 1. The number of alkyl halides is 1. The van der Waals surface area contributed by atoms with Gasteiger partial charge in [0, 0.05) is 0 Å². The van der Waals surface area contributed by atoms with Crippen LogP contribution in [-0.2, 0) is 4.79 Å². The maximum atomic E-state index is 10.1. The lowest BCUT2D eigenvalue weighted by atomic mass is 10.7. The van der Waals surface area contributed by atoms with Gasteiger partial charge in [-0.25, -0.2) is 0 Å². The minimum atomic E-state index is -0.247. The zero-order valence-electron chi connectivity index (χ0n) is 3.44. The van der Waals surface area contributed by atoms with Crippen LogP contribution in [-0.4, -0.2) is 10.3 Å². The lowest BCUT2D eigenvalue weighted by Crippen LogP contribution is -2.17. The molecule has 3 nitrogen and oxygen atoms in total. The van der Waals surface area contributed by atoms with Crippen molar-refractivity contribution in [2.75, 3.05) is 4.43 Å². The number of nitrogens with one attached hydrogen (secondary N) is 1. The maximum absolute atomic E-state index is 10.1. The molecule has 7 heavy (non-hydrogen) atoms. The molecule has 0 fully saturated rings. The fourth-order valence-electron chi connectivity index (χ4n) is 0.0958. The third-order valence-electron chi connectivity index (χ3n) is 0.317. The van der Waals surface area contributed by atoms with Gasteiger partial charge in [0.05, 0.1) is 4.43 Å². The topological polar surface area (TPSA) is 52.9 Å². The van der Waals surface area contributed by atoms with Crippen LogP contribution >= 0.6 is 22.6 Å². The molecule has 0 aliphatic carbocycles. The Morgan fingerprint density at radius 2 is 2.57 bits per heavy atom. The zero-order valence-corrected chi connectivity index (χ0v) is 5.60. The summed E-state index contributed by atoms with van der Waals surface area (Å²) in [7, 11) is 0. The van der Waals surface area contributed by atoms with E-state index in [-0.39, 0.29) is 5.91 Å². The second-order valence-corrected chi connectivity index (χ2v) is 1.56. The van der Waals surface area contributed by atoms with Crippen LogP contribution in [0.4, 0.5) is 0 Å². The van der Waals surface area contributed by atoms with Gasteiger partial charge in [0.2, 0.25) is 5.91 Å². The summed E-state index contributed by atoms with van der Waals surface area (Å²) in [4.78, 5) is 10.1. The van der Waals surface area contributed by atoms with E-state index >= 15 is 0 Å². The molecule has 0 rings (SSSR count). The van der Waals surface area contributed by atoms with Crippen molar-refractivity contribution in [3.63, 3.8) is 0 Å². The Morgan fingerprint density at radius 1 is 2.00 bits per heavy atom. The van der Waals surface area contributed by atoms with E-state index in [0.717, 1.165) is 0 Å². The van der Waals surface area contributed by atoms with Gasteiger partial charge >= 0.3 is 0 Å². The van der Waals surface area contributed by atoms with Gasteiger partial charge in [0.15, 0.2) is 6.19 Å². The SMILES string of the molecule is N#CNC(=O)CI. The maximum Gasteiger partial charge on any atom is 0.242 e. The van der Waals surface area contributed by atoms with Gasteiger partial charge in [-0.2, -0.15) is 5.26 Å². The fourth-order valence-corrected chi connectivity index (χ4v) is 0.286. The molecule has 0 aromatic heterocycles. The summed E-state index contributed by atoms with van der Waals surface area (Å²) in [6.45, 7) is 0. The lowest BCUT2D eigenvalue weighted by molar-refractivity contribution is -0.117. The largest absolute Gasteiger partial charge is 0.273 e. The molecule has 0 bridgehead atoms. The highest BCUT2D eigenvalue weighted by molar-refractivity contribution is 14.1. The van der Waals surface area contributed by atoms with E-state index < -0.39 is 0 Å². The molecule has 0 aromatic carbocycles. The predicted octanol–water partition coefficient (Wildman–Crippen LogP) is 0.0187. The molecule has 1 N–H and O–H groups in total. The second-order valence-electron chi connectivity index (χ2n) is 0.794. The van der Waals surface area contributed by atoms with Gasteiger partial charge in [0.1, 0.15) is 0 Å². The predicted molar refractivity (Wildman–Crippen MR) is 32.6 cm³/mol. The van der Waals surface area contributed by atoms with Gasteiger partial charge < -0.3 is 0 Å². The fraction of sp³-hybridized carbons (Fsp3) is 0.333. The number of hydrogen-bond acceptors (Lipinski definition) is 2. The average molecular weight is 210 g/mol. The van der Waals surface area contributed by atoms with Gasteiger partial charge in [-0.3, -0.25) is 10.1 Å².